The summed E-state index contributed by atoms with van der Waals surface area (Å²) in [5.41, 5.74) is 6.17. The molecule has 1 amide bonds. The van der Waals surface area contributed by atoms with Gasteiger partial charge in [0.15, 0.2) is 0 Å². The molecular weight excluding hydrogens is 289 g/mol. The molecule has 7 heteroatoms. The molecule has 1 saturated heterocycles. The number of benzene rings is 1. The average Bonchev–Trinajstić information content (AvgIpc) is 2.52. The van der Waals surface area contributed by atoms with Crippen LogP contribution in [0.5, 0.6) is 0 Å². The van der Waals surface area contributed by atoms with Gasteiger partial charge in [0.1, 0.15) is 5.82 Å². The number of aliphatic hydroxyl groups is 1. The van der Waals surface area contributed by atoms with Gasteiger partial charge >= 0.3 is 0 Å². The number of amides is 1. The molecule has 1 fully saturated rings. The highest BCUT2D eigenvalue weighted by Crippen LogP contribution is 2.23. The van der Waals surface area contributed by atoms with Crippen LogP contribution in [0.25, 0.3) is 0 Å². The molecule has 0 spiro atoms. The van der Waals surface area contributed by atoms with Gasteiger partial charge in [0, 0.05) is 31.7 Å². The zero-order chi connectivity index (χ0) is 15.9. The fourth-order valence-corrected chi connectivity index (χ4v) is 2.32. The summed E-state index contributed by atoms with van der Waals surface area (Å²) in [5.74, 6) is -0.751. The molecule has 122 valence electrons. The van der Waals surface area contributed by atoms with Gasteiger partial charge in [0.25, 0.3) is 0 Å². The summed E-state index contributed by atoms with van der Waals surface area (Å²) in [5, 5.41) is 12.7. The molecular formula is C15H22FN3O3. The van der Waals surface area contributed by atoms with E-state index in [2.05, 4.69) is 5.32 Å². The molecule has 1 aromatic carbocycles. The molecule has 1 aliphatic rings. The largest absolute Gasteiger partial charge is 0.391 e. The first-order valence-electron chi connectivity index (χ1n) is 7.39. The molecule has 6 nitrogen and oxygen atoms in total. The van der Waals surface area contributed by atoms with Crippen LogP contribution in [0.2, 0.25) is 0 Å². The van der Waals surface area contributed by atoms with Crippen LogP contribution < -0.4 is 16.0 Å². The number of carbonyl (C=O) groups excluding carboxylic acids is 1. The van der Waals surface area contributed by atoms with E-state index in [0.717, 1.165) is 0 Å². The topological polar surface area (TPSA) is 87.8 Å². The first-order chi connectivity index (χ1) is 10.6. The van der Waals surface area contributed by atoms with Crippen molar-refractivity contribution in [1.29, 1.82) is 0 Å². The van der Waals surface area contributed by atoms with Crippen LogP contribution in [-0.4, -0.2) is 50.0 Å². The van der Waals surface area contributed by atoms with E-state index < -0.39 is 12.0 Å². The molecule has 1 aliphatic heterocycles. The number of hydrogen-bond acceptors (Lipinski definition) is 5. The number of nitrogens with two attached hydrogens (primary N) is 1. The zero-order valence-corrected chi connectivity index (χ0v) is 12.4. The SMILES string of the molecule is NC(=O)CCC(O)CNc1ccc(N2CCOCC2)c(F)c1. The molecule has 0 bridgehead atoms. The second-order valence-electron chi connectivity index (χ2n) is 5.31. The zero-order valence-electron chi connectivity index (χ0n) is 12.4. The summed E-state index contributed by atoms with van der Waals surface area (Å²) in [4.78, 5) is 12.6. The smallest absolute Gasteiger partial charge is 0.217 e. The minimum atomic E-state index is -0.700. The van der Waals surface area contributed by atoms with E-state index in [1.807, 2.05) is 4.90 Å². The second kappa shape index (κ2) is 7.95. The Balaban J connectivity index is 1.87. The highest BCUT2D eigenvalue weighted by Gasteiger charge is 2.15. The quantitative estimate of drug-likeness (QED) is 0.690. The maximum Gasteiger partial charge on any atom is 0.217 e. The van der Waals surface area contributed by atoms with Gasteiger partial charge in [-0.05, 0) is 24.6 Å². The van der Waals surface area contributed by atoms with Gasteiger partial charge in [0.05, 0.1) is 25.0 Å². The minimum absolute atomic E-state index is 0.132. The first-order valence-corrected chi connectivity index (χ1v) is 7.39. The van der Waals surface area contributed by atoms with Crippen molar-refractivity contribution in [1.82, 2.24) is 0 Å². The van der Waals surface area contributed by atoms with Gasteiger partial charge in [-0.25, -0.2) is 4.39 Å². The average molecular weight is 311 g/mol. The third-order valence-corrected chi connectivity index (χ3v) is 3.57. The molecule has 0 radical (unpaired) electrons. The van der Waals surface area contributed by atoms with E-state index in [-0.39, 0.29) is 25.2 Å². The van der Waals surface area contributed by atoms with Crippen LogP contribution in [0.1, 0.15) is 12.8 Å². The number of nitrogens with zero attached hydrogens (tertiary/aromatic N) is 1. The van der Waals surface area contributed by atoms with E-state index in [1.54, 1.807) is 12.1 Å². The van der Waals surface area contributed by atoms with Crippen molar-refractivity contribution < 1.29 is 19.0 Å². The third-order valence-electron chi connectivity index (χ3n) is 3.57. The minimum Gasteiger partial charge on any atom is -0.391 e. The predicted molar refractivity (Wildman–Crippen MR) is 82.4 cm³/mol. The van der Waals surface area contributed by atoms with Crippen molar-refractivity contribution in [2.24, 2.45) is 5.73 Å². The Morgan fingerprint density at radius 2 is 2.18 bits per heavy atom. The Morgan fingerprint density at radius 3 is 2.82 bits per heavy atom. The lowest BCUT2D eigenvalue weighted by Crippen LogP contribution is -2.36. The fourth-order valence-electron chi connectivity index (χ4n) is 2.32. The number of nitrogens with one attached hydrogen (secondary N) is 1. The van der Waals surface area contributed by atoms with Crippen molar-refractivity contribution in [3.63, 3.8) is 0 Å². The number of morpholine rings is 1. The van der Waals surface area contributed by atoms with E-state index in [9.17, 15) is 14.3 Å². The van der Waals surface area contributed by atoms with E-state index in [0.29, 0.717) is 37.7 Å². The standard InChI is InChI=1S/C15H22FN3O3/c16-13-9-11(18-10-12(20)2-4-15(17)21)1-3-14(13)19-5-7-22-8-6-19/h1,3,9,12,18,20H,2,4-8,10H2,(H2,17,21). The Kier molecular flexibility index (Phi) is 5.97. The molecule has 1 unspecified atom stereocenters. The molecule has 1 aromatic rings. The lowest BCUT2D eigenvalue weighted by molar-refractivity contribution is -0.118. The molecule has 0 aliphatic carbocycles. The van der Waals surface area contributed by atoms with Crippen LogP contribution in [-0.2, 0) is 9.53 Å². The molecule has 1 atom stereocenters. The summed E-state index contributed by atoms with van der Waals surface area (Å²) in [6.07, 6.45) is -0.279. The number of aliphatic hydroxyl groups excluding tert-OH is 1. The van der Waals surface area contributed by atoms with Gasteiger partial charge < -0.3 is 25.8 Å². The molecule has 0 aromatic heterocycles. The number of primary amides is 1. The van der Waals surface area contributed by atoms with E-state index >= 15 is 0 Å². The van der Waals surface area contributed by atoms with Crippen LogP contribution >= 0.6 is 0 Å². The summed E-state index contributed by atoms with van der Waals surface area (Å²) in [7, 11) is 0. The lowest BCUT2D eigenvalue weighted by Gasteiger charge is -2.29. The van der Waals surface area contributed by atoms with Gasteiger partial charge in [-0.1, -0.05) is 0 Å². The third kappa shape index (κ3) is 4.85. The fraction of sp³-hybridized carbons (Fsp3) is 0.533. The molecule has 0 saturated carbocycles. The predicted octanol–water partition coefficient (Wildman–Crippen LogP) is 0.701. The highest BCUT2D eigenvalue weighted by molar-refractivity contribution is 5.73. The lowest BCUT2D eigenvalue weighted by atomic mass is 10.2. The molecule has 4 N–H and O–H groups in total. The van der Waals surface area contributed by atoms with Crippen molar-refractivity contribution in [2.75, 3.05) is 43.1 Å². The number of halogens is 1. The van der Waals surface area contributed by atoms with Gasteiger partial charge in [-0.3, -0.25) is 4.79 Å². The van der Waals surface area contributed by atoms with Gasteiger partial charge in [-0.2, -0.15) is 0 Å². The monoisotopic (exact) mass is 311 g/mol. The summed E-state index contributed by atoms with van der Waals surface area (Å²) >= 11 is 0. The van der Waals surface area contributed by atoms with Crippen LogP contribution in [0, 0.1) is 5.82 Å². The van der Waals surface area contributed by atoms with Crippen LogP contribution in [0.15, 0.2) is 18.2 Å². The van der Waals surface area contributed by atoms with Crippen LogP contribution in [0.4, 0.5) is 15.8 Å². The maximum atomic E-state index is 14.2. The van der Waals surface area contributed by atoms with Gasteiger partial charge in [0.2, 0.25) is 5.91 Å². The summed E-state index contributed by atoms with van der Waals surface area (Å²) in [6.45, 7) is 2.80. The second-order valence-corrected chi connectivity index (χ2v) is 5.31. The molecule has 22 heavy (non-hydrogen) atoms. The Bertz CT molecular complexity index is 507. The first kappa shape index (κ1) is 16.5. The number of rotatable bonds is 7. The number of anilines is 2. The number of ether oxygens (including phenoxy) is 1. The van der Waals surface area contributed by atoms with Crippen molar-refractivity contribution in [3.05, 3.63) is 24.0 Å². The Morgan fingerprint density at radius 1 is 1.45 bits per heavy atom. The normalized spacial score (nSPS) is 16.4. The van der Waals surface area contributed by atoms with Crippen molar-refractivity contribution in [3.8, 4) is 0 Å². The Hall–Kier alpha value is -1.86. The van der Waals surface area contributed by atoms with E-state index in [4.69, 9.17) is 10.5 Å². The molecule has 1 heterocycles. The van der Waals surface area contributed by atoms with E-state index in [1.165, 1.54) is 6.07 Å². The highest BCUT2D eigenvalue weighted by atomic mass is 19.1. The van der Waals surface area contributed by atoms with Crippen LogP contribution in [0.3, 0.4) is 0 Å². The van der Waals surface area contributed by atoms with Crippen molar-refractivity contribution >= 4 is 17.3 Å². The molecule has 2 rings (SSSR count). The number of carbonyl (C=O) groups is 1. The Labute approximate surface area is 129 Å². The maximum absolute atomic E-state index is 14.2. The summed E-state index contributed by atoms with van der Waals surface area (Å²) in [6, 6.07) is 4.90. The summed E-state index contributed by atoms with van der Waals surface area (Å²) < 4.78 is 19.4. The van der Waals surface area contributed by atoms with Crippen molar-refractivity contribution in [2.45, 2.75) is 18.9 Å². The van der Waals surface area contributed by atoms with Gasteiger partial charge in [-0.15, -0.1) is 0 Å². The number of hydrogen-bond donors (Lipinski definition) is 3.